The highest BCUT2D eigenvalue weighted by molar-refractivity contribution is 7.89. The summed E-state index contributed by atoms with van der Waals surface area (Å²) in [6.45, 7) is 4.94. The topological polar surface area (TPSA) is 115 Å². The van der Waals surface area contributed by atoms with Gasteiger partial charge in [-0.15, -0.1) is 0 Å². The van der Waals surface area contributed by atoms with Gasteiger partial charge in [-0.25, -0.2) is 13.1 Å². The molecule has 0 bridgehead atoms. The number of amides is 1. The van der Waals surface area contributed by atoms with Crippen molar-refractivity contribution < 1.29 is 13.2 Å². The zero-order valence-electron chi connectivity index (χ0n) is 11.2. The first-order chi connectivity index (χ1) is 8.52. The average molecular weight is 285 g/mol. The lowest BCUT2D eigenvalue weighted by molar-refractivity contribution is -0.119. The molecule has 0 saturated carbocycles. The lowest BCUT2D eigenvalue weighted by Gasteiger charge is -2.24. The Morgan fingerprint density at radius 2 is 1.89 bits per heavy atom. The number of hydrogen-bond acceptors (Lipinski definition) is 4. The van der Waals surface area contributed by atoms with Gasteiger partial charge in [-0.3, -0.25) is 4.79 Å². The van der Waals surface area contributed by atoms with Crippen molar-refractivity contribution in [2.45, 2.75) is 37.6 Å². The van der Waals surface area contributed by atoms with E-state index in [0.717, 1.165) is 5.56 Å². The number of rotatable bonds is 5. The first-order valence-electron chi connectivity index (χ1n) is 5.71. The molecule has 0 aliphatic carbocycles. The minimum atomic E-state index is -3.75. The predicted octanol–water partition coefficient (Wildman–Crippen LogP) is 0.510. The summed E-state index contributed by atoms with van der Waals surface area (Å²) < 4.78 is 26.9. The van der Waals surface area contributed by atoms with Gasteiger partial charge in [0, 0.05) is 17.6 Å². The molecule has 0 unspecified atom stereocenters. The zero-order valence-corrected chi connectivity index (χ0v) is 12.0. The summed E-state index contributed by atoms with van der Waals surface area (Å²) >= 11 is 0. The number of aryl methyl sites for hydroxylation is 1. The fourth-order valence-corrected chi connectivity index (χ4v) is 3.38. The van der Waals surface area contributed by atoms with Crippen LogP contribution in [0.3, 0.4) is 0 Å². The maximum absolute atomic E-state index is 12.2. The largest absolute Gasteiger partial charge is 0.399 e. The van der Waals surface area contributed by atoms with Gasteiger partial charge in [0.15, 0.2) is 0 Å². The second-order valence-corrected chi connectivity index (χ2v) is 6.89. The van der Waals surface area contributed by atoms with Crippen LogP contribution in [0, 0.1) is 6.92 Å². The van der Waals surface area contributed by atoms with E-state index in [1.807, 2.05) is 0 Å². The van der Waals surface area contributed by atoms with Crippen LogP contribution in [0.25, 0.3) is 0 Å². The van der Waals surface area contributed by atoms with Crippen LogP contribution in [-0.2, 0) is 14.8 Å². The highest BCUT2D eigenvalue weighted by Crippen LogP contribution is 2.19. The number of sulfonamides is 1. The van der Waals surface area contributed by atoms with Crippen molar-refractivity contribution in [2.24, 2.45) is 5.73 Å². The van der Waals surface area contributed by atoms with E-state index < -0.39 is 21.5 Å². The second-order valence-electron chi connectivity index (χ2n) is 5.21. The Morgan fingerprint density at radius 1 is 1.32 bits per heavy atom. The molecule has 0 aliphatic heterocycles. The Morgan fingerprint density at radius 3 is 2.37 bits per heavy atom. The molecule has 19 heavy (non-hydrogen) atoms. The molecule has 106 valence electrons. The van der Waals surface area contributed by atoms with Crippen LogP contribution >= 0.6 is 0 Å². The average Bonchev–Trinajstić information content (AvgIpc) is 2.11. The van der Waals surface area contributed by atoms with E-state index in [9.17, 15) is 13.2 Å². The standard InChI is InChI=1S/C12H19N3O3S/c1-8-4-9(13)6-10(5-8)19(17,18)15-12(2,3)7-11(14)16/h4-6,15H,7,13H2,1-3H3,(H2,14,16). The Hall–Kier alpha value is -1.60. The molecule has 0 spiro atoms. The number of nitrogens with one attached hydrogen (secondary N) is 1. The van der Waals surface area contributed by atoms with Crippen molar-refractivity contribution in [1.82, 2.24) is 4.72 Å². The second kappa shape index (κ2) is 5.18. The highest BCUT2D eigenvalue weighted by Gasteiger charge is 2.28. The quantitative estimate of drug-likeness (QED) is 0.683. The number of anilines is 1. The van der Waals surface area contributed by atoms with Gasteiger partial charge in [0.25, 0.3) is 0 Å². The number of primary amides is 1. The van der Waals surface area contributed by atoms with Gasteiger partial charge in [0.05, 0.1) is 4.90 Å². The minimum absolute atomic E-state index is 0.0718. The van der Waals surface area contributed by atoms with E-state index in [2.05, 4.69) is 4.72 Å². The van der Waals surface area contributed by atoms with Gasteiger partial charge in [0.2, 0.25) is 15.9 Å². The SMILES string of the molecule is Cc1cc(N)cc(S(=O)(=O)NC(C)(C)CC(N)=O)c1. The molecule has 1 aromatic rings. The van der Waals surface area contributed by atoms with Crippen LogP contribution in [0.2, 0.25) is 0 Å². The van der Waals surface area contributed by atoms with Crippen LogP contribution < -0.4 is 16.2 Å². The summed E-state index contributed by atoms with van der Waals surface area (Å²) in [7, 11) is -3.75. The van der Waals surface area contributed by atoms with E-state index in [1.165, 1.54) is 12.1 Å². The smallest absolute Gasteiger partial charge is 0.241 e. The minimum Gasteiger partial charge on any atom is -0.399 e. The molecule has 7 heteroatoms. The number of nitrogen functional groups attached to an aromatic ring is 1. The zero-order chi connectivity index (χ0) is 14.8. The van der Waals surface area contributed by atoms with Crippen LogP contribution in [-0.4, -0.2) is 19.9 Å². The molecule has 0 aliphatic rings. The van der Waals surface area contributed by atoms with E-state index >= 15 is 0 Å². The summed E-state index contributed by atoms with van der Waals surface area (Å²) in [5, 5.41) is 0. The number of nitrogens with two attached hydrogens (primary N) is 2. The lowest BCUT2D eigenvalue weighted by atomic mass is 10.0. The van der Waals surface area contributed by atoms with Crippen LogP contribution in [0.15, 0.2) is 23.1 Å². The molecule has 0 fully saturated rings. The molecule has 1 aromatic carbocycles. The van der Waals surface area contributed by atoms with Crippen molar-refractivity contribution in [2.75, 3.05) is 5.73 Å². The summed E-state index contributed by atoms with van der Waals surface area (Å²) in [5.41, 5.74) is 10.9. The number of benzene rings is 1. The molecule has 1 amide bonds. The molecule has 1 rings (SSSR count). The van der Waals surface area contributed by atoms with Gasteiger partial charge in [-0.2, -0.15) is 0 Å². The van der Waals surface area contributed by atoms with Crippen molar-refractivity contribution in [3.63, 3.8) is 0 Å². The normalized spacial score (nSPS) is 12.4. The van der Waals surface area contributed by atoms with Gasteiger partial charge in [-0.05, 0) is 44.5 Å². The fourth-order valence-electron chi connectivity index (χ4n) is 1.83. The predicted molar refractivity (Wildman–Crippen MR) is 73.8 cm³/mol. The van der Waals surface area contributed by atoms with Crippen molar-refractivity contribution in [1.29, 1.82) is 0 Å². The van der Waals surface area contributed by atoms with E-state index in [0.29, 0.717) is 5.69 Å². The van der Waals surface area contributed by atoms with Crippen molar-refractivity contribution in [3.8, 4) is 0 Å². The molecular weight excluding hydrogens is 266 g/mol. The summed E-state index contributed by atoms with van der Waals surface area (Å²) in [4.78, 5) is 11.0. The molecule has 5 N–H and O–H groups in total. The molecular formula is C12H19N3O3S. The molecule has 6 nitrogen and oxygen atoms in total. The first-order valence-corrected chi connectivity index (χ1v) is 7.20. The van der Waals surface area contributed by atoms with Crippen LogP contribution in [0.5, 0.6) is 0 Å². The maximum atomic E-state index is 12.2. The first kappa shape index (κ1) is 15.5. The Bertz CT molecular complexity index is 574. The number of hydrogen-bond donors (Lipinski definition) is 3. The van der Waals surface area contributed by atoms with E-state index in [1.54, 1.807) is 26.8 Å². The third kappa shape index (κ3) is 4.53. The maximum Gasteiger partial charge on any atom is 0.241 e. The van der Waals surface area contributed by atoms with Crippen molar-refractivity contribution >= 4 is 21.6 Å². The number of carbonyl (C=O) groups excluding carboxylic acids is 1. The summed E-state index contributed by atoms with van der Waals surface area (Å²) in [6.07, 6.45) is -0.0898. The van der Waals surface area contributed by atoms with Gasteiger partial charge in [-0.1, -0.05) is 0 Å². The summed E-state index contributed by atoms with van der Waals surface area (Å²) in [5.74, 6) is -0.573. The Balaban J connectivity index is 3.08. The highest BCUT2D eigenvalue weighted by atomic mass is 32.2. The van der Waals surface area contributed by atoms with Gasteiger partial charge in [0.1, 0.15) is 0 Å². The van der Waals surface area contributed by atoms with E-state index in [4.69, 9.17) is 11.5 Å². The van der Waals surface area contributed by atoms with Crippen LogP contribution in [0.1, 0.15) is 25.8 Å². The Labute approximate surface area is 113 Å². The molecule has 0 atom stereocenters. The summed E-state index contributed by atoms with van der Waals surface area (Å²) in [6, 6.07) is 4.56. The fraction of sp³-hybridized carbons (Fsp3) is 0.417. The third-order valence-corrected chi connectivity index (χ3v) is 4.09. The van der Waals surface area contributed by atoms with E-state index in [-0.39, 0.29) is 11.3 Å². The van der Waals surface area contributed by atoms with Crippen molar-refractivity contribution in [3.05, 3.63) is 23.8 Å². The molecule has 0 radical (unpaired) electrons. The van der Waals surface area contributed by atoms with Gasteiger partial charge >= 0.3 is 0 Å². The Kier molecular flexibility index (Phi) is 4.21. The molecule has 0 heterocycles. The monoisotopic (exact) mass is 285 g/mol. The lowest BCUT2D eigenvalue weighted by Crippen LogP contribution is -2.45. The molecule has 0 aromatic heterocycles. The van der Waals surface area contributed by atoms with Crippen LogP contribution in [0.4, 0.5) is 5.69 Å². The number of carbonyl (C=O) groups is 1. The molecule has 0 saturated heterocycles. The third-order valence-electron chi connectivity index (χ3n) is 2.41. The van der Waals surface area contributed by atoms with Gasteiger partial charge < -0.3 is 11.5 Å².